The van der Waals surface area contributed by atoms with Crippen molar-refractivity contribution >= 4 is 12.1 Å². The molecular formula is C16H15FN2O. The lowest BCUT2D eigenvalue weighted by atomic mass is 10.1. The van der Waals surface area contributed by atoms with Gasteiger partial charge in [0, 0.05) is 5.56 Å². The summed E-state index contributed by atoms with van der Waals surface area (Å²) >= 11 is 0. The van der Waals surface area contributed by atoms with E-state index in [4.69, 9.17) is 0 Å². The van der Waals surface area contributed by atoms with Crippen LogP contribution in [0.2, 0.25) is 0 Å². The van der Waals surface area contributed by atoms with Crippen molar-refractivity contribution in [2.24, 2.45) is 5.10 Å². The molecule has 0 aliphatic carbocycles. The number of benzene rings is 2. The smallest absolute Gasteiger partial charge is 0.267 e. The Bertz CT molecular complexity index is 621. The SMILES string of the molecule is CCc1ccc(C=NNC(=O)c2cccc(F)c2)cc1. The Hall–Kier alpha value is -2.49. The predicted molar refractivity (Wildman–Crippen MR) is 77.3 cm³/mol. The van der Waals surface area contributed by atoms with Crippen LogP contribution in [0.5, 0.6) is 0 Å². The van der Waals surface area contributed by atoms with Crippen molar-refractivity contribution < 1.29 is 9.18 Å². The van der Waals surface area contributed by atoms with Crippen LogP contribution in [0, 0.1) is 5.82 Å². The van der Waals surface area contributed by atoms with Crippen LogP contribution < -0.4 is 5.43 Å². The summed E-state index contributed by atoms with van der Waals surface area (Å²) in [5, 5.41) is 3.86. The molecule has 0 bridgehead atoms. The van der Waals surface area contributed by atoms with E-state index in [2.05, 4.69) is 17.5 Å². The summed E-state index contributed by atoms with van der Waals surface area (Å²) in [6, 6.07) is 13.3. The Morgan fingerprint density at radius 2 is 2.00 bits per heavy atom. The molecule has 2 aromatic rings. The molecule has 20 heavy (non-hydrogen) atoms. The standard InChI is InChI=1S/C16H15FN2O/c1-2-12-6-8-13(9-7-12)11-18-19-16(20)14-4-3-5-15(17)10-14/h3-11H,2H2,1H3,(H,19,20). The van der Waals surface area contributed by atoms with Crippen molar-refractivity contribution in [2.75, 3.05) is 0 Å². The molecule has 0 saturated carbocycles. The number of nitrogens with zero attached hydrogens (tertiary/aromatic N) is 1. The molecule has 0 aromatic heterocycles. The van der Waals surface area contributed by atoms with E-state index in [0.29, 0.717) is 0 Å². The molecule has 0 saturated heterocycles. The Kier molecular flexibility index (Phi) is 4.60. The minimum absolute atomic E-state index is 0.239. The van der Waals surface area contributed by atoms with Crippen LogP contribution in [0.1, 0.15) is 28.4 Å². The first kappa shape index (κ1) is 13.9. The van der Waals surface area contributed by atoms with Gasteiger partial charge < -0.3 is 0 Å². The van der Waals surface area contributed by atoms with E-state index >= 15 is 0 Å². The number of rotatable bonds is 4. The van der Waals surface area contributed by atoms with Gasteiger partial charge in [-0.15, -0.1) is 0 Å². The summed E-state index contributed by atoms with van der Waals surface area (Å²) in [6.07, 6.45) is 2.53. The van der Waals surface area contributed by atoms with Crippen LogP contribution >= 0.6 is 0 Å². The summed E-state index contributed by atoms with van der Waals surface area (Å²) in [6.45, 7) is 2.09. The average molecular weight is 270 g/mol. The number of aryl methyl sites for hydroxylation is 1. The molecule has 1 amide bonds. The number of nitrogens with one attached hydrogen (secondary N) is 1. The predicted octanol–water partition coefficient (Wildman–Crippen LogP) is 3.15. The maximum absolute atomic E-state index is 13.0. The summed E-state index contributed by atoms with van der Waals surface area (Å²) in [4.78, 5) is 11.7. The van der Waals surface area contributed by atoms with Gasteiger partial charge in [0.2, 0.25) is 0 Å². The van der Waals surface area contributed by atoms with Gasteiger partial charge in [-0.2, -0.15) is 5.10 Å². The van der Waals surface area contributed by atoms with Gasteiger partial charge in [-0.1, -0.05) is 37.3 Å². The summed E-state index contributed by atoms with van der Waals surface area (Å²) in [5.41, 5.74) is 4.74. The number of hydrazone groups is 1. The van der Waals surface area contributed by atoms with Gasteiger partial charge in [-0.05, 0) is 35.7 Å². The number of carbonyl (C=O) groups excluding carboxylic acids is 1. The van der Waals surface area contributed by atoms with Crippen molar-refractivity contribution in [3.8, 4) is 0 Å². The lowest BCUT2D eigenvalue weighted by Gasteiger charge is -2.00. The topological polar surface area (TPSA) is 41.5 Å². The van der Waals surface area contributed by atoms with E-state index in [1.54, 1.807) is 6.21 Å². The van der Waals surface area contributed by atoms with Crippen LogP contribution in [-0.4, -0.2) is 12.1 Å². The molecule has 4 heteroatoms. The van der Waals surface area contributed by atoms with Crippen molar-refractivity contribution in [1.29, 1.82) is 0 Å². The molecule has 3 nitrogen and oxygen atoms in total. The second kappa shape index (κ2) is 6.61. The molecule has 0 unspecified atom stereocenters. The molecule has 0 heterocycles. The highest BCUT2D eigenvalue weighted by molar-refractivity contribution is 5.94. The van der Waals surface area contributed by atoms with E-state index in [0.717, 1.165) is 12.0 Å². The van der Waals surface area contributed by atoms with Crippen LogP contribution in [0.15, 0.2) is 53.6 Å². The van der Waals surface area contributed by atoms with Gasteiger partial charge >= 0.3 is 0 Å². The molecule has 0 spiro atoms. The van der Waals surface area contributed by atoms with E-state index < -0.39 is 11.7 Å². The van der Waals surface area contributed by atoms with Crippen LogP contribution in [0.4, 0.5) is 4.39 Å². The minimum atomic E-state index is -0.447. The molecule has 0 atom stereocenters. The Balaban J connectivity index is 1.97. The summed E-state index contributed by atoms with van der Waals surface area (Å²) in [5.74, 6) is -0.886. The third kappa shape index (κ3) is 3.75. The van der Waals surface area contributed by atoms with E-state index in [1.807, 2.05) is 24.3 Å². The molecule has 1 N–H and O–H groups in total. The highest BCUT2D eigenvalue weighted by Gasteiger charge is 2.04. The second-order valence-electron chi connectivity index (χ2n) is 4.30. The Morgan fingerprint density at radius 3 is 2.65 bits per heavy atom. The van der Waals surface area contributed by atoms with Gasteiger partial charge in [0.25, 0.3) is 5.91 Å². The monoisotopic (exact) mass is 270 g/mol. The zero-order valence-electron chi connectivity index (χ0n) is 11.1. The first-order chi connectivity index (χ1) is 9.69. The Morgan fingerprint density at radius 1 is 1.25 bits per heavy atom. The maximum Gasteiger partial charge on any atom is 0.271 e. The van der Waals surface area contributed by atoms with Gasteiger partial charge in [0.1, 0.15) is 5.82 Å². The lowest BCUT2D eigenvalue weighted by Crippen LogP contribution is -2.17. The number of amides is 1. The molecular weight excluding hydrogens is 255 g/mol. The third-order valence-electron chi connectivity index (χ3n) is 2.85. The Labute approximate surface area is 117 Å². The fourth-order valence-corrected chi connectivity index (χ4v) is 1.70. The van der Waals surface area contributed by atoms with Crippen molar-refractivity contribution in [3.63, 3.8) is 0 Å². The van der Waals surface area contributed by atoms with Gasteiger partial charge in [0.05, 0.1) is 6.21 Å². The zero-order chi connectivity index (χ0) is 14.4. The first-order valence-electron chi connectivity index (χ1n) is 6.37. The molecule has 2 aromatic carbocycles. The average Bonchev–Trinajstić information content (AvgIpc) is 2.48. The molecule has 102 valence electrons. The number of carbonyl (C=O) groups is 1. The van der Waals surface area contributed by atoms with Crippen LogP contribution in [0.3, 0.4) is 0 Å². The van der Waals surface area contributed by atoms with E-state index in [9.17, 15) is 9.18 Å². The van der Waals surface area contributed by atoms with Gasteiger partial charge in [-0.25, -0.2) is 9.82 Å². The van der Waals surface area contributed by atoms with E-state index in [1.165, 1.54) is 29.8 Å². The number of hydrogen-bond acceptors (Lipinski definition) is 2. The fraction of sp³-hybridized carbons (Fsp3) is 0.125. The molecule has 0 aliphatic rings. The second-order valence-corrected chi connectivity index (χ2v) is 4.30. The first-order valence-corrected chi connectivity index (χ1v) is 6.37. The highest BCUT2D eigenvalue weighted by Crippen LogP contribution is 2.04. The largest absolute Gasteiger partial charge is 0.271 e. The van der Waals surface area contributed by atoms with Gasteiger partial charge in [0.15, 0.2) is 0 Å². The molecule has 0 fully saturated rings. The fourth-order valence-electron chi connectivity index (χ4n) is 1.70. The normalized spacial score (nSPS) is 10.7. The third-order valence-corrected chi connectivity index (χ3v) is 2.85. The maximum atomic E-state index is 13.0. The minimum Gasteiger partial charge on any atom is -0.267 e. The van der Waals surface area contributed by atoms with Crippen molar-refractivity contribution in [2.45, 2.75) is 13.3 Å². The molecule has 2 rings (SSSR count). The summed E-state index contributed by atoms with van der Waals surface area (Å²) < 4.78 is 13.0. The van der Waals surface area contributed by atoms with Crippen molar-refractivity contribution in [1.82, 2.24) is 5.43 Å². The van der Waals surface area contributed by atoms with Crippen molar-refractivity contribution in [3.05, 3.63) is 71.0 Å². The zero-order valence-corrected chi connectivity index (χ0v) is 11.1. The van der Waals surface area contributed by atoms with Crippen LogP contribution in [-0.2, 0) is 6.42 Å². The van der Waals surface area contributed by atoms with Gasteiger partial charge in [-0.3, -0.25) is 4.79 Å². The van der Waals surface area contributed by atoms with E-state index in [-0.39, 0.29) is 5.56 Å². The molecule has 0 radical (unpaired) electrons. The van der Waals surface area contributed by atoms with Crippen LogP contribution in [0.25, 0.3) is 0 Å². The number of hydrogen-bond donors (Lipinski definition) is 1. The molecule has 0 aliphatic heterocycles. The highest BCUT2D eigenvalue weighted by atomic mass is 19.1. The number of halogens is 1. The summed E-state index contributed by atoms with van der Waals surface area (Å²) in [7, 11) is 0. The quantitative estimate of drug-likeness (QED) is 0.673. The lowest BCUT2D eigenvalue weighted by molar-refractivity contribution is 0.0954.